The van der Waals surface area contributed by atoms with Crippen molar-refractivity contribution in [1.29, 1.82) is 0 Å². The molecule has 0 atom stereocenters. The topological polar surface area (TPSA) is 29.5 Å². The van der Waals surface area contributed by atoms with Crippen LogP contribution >= 0.6 is 0 Å². The van der Waals surface area contributed by atoms with E-state index in [2.05, 4.69) is 36.9 Å². The van der Waals surface area contributed by atoms with Crippen LogP contribution in [0.5, 0.6) is 0 Å². The van der Waals surface area contributed by atoms with Crippen LogP contribution in [0.1, 0.15) is 36.5 Å². The molecular weight excluding hydrogens is 250 g/mol. The van der Waals surface area contributed by atoms with Gasteiger partial charge in [0, 0.05) is 6.54 Å². The molecule has 1 heterocycles. The van der Waals surface area contributed by atoms with Crippen molar-refractivity contribution in [2.75, 3.05) is 19.7 Å². The number of likely N-dealkylation sites (tertiary alicyclic amines) is 1. The standard InChI is InChI=1S/C17H25NO2/c1-4-20-17(19)15-8-10-18(11-9-15)12-16-13(2)6-5-7-14(16)3/h5-7,15H,4,8-12H2,1-3H3. The highest BCUT2D eigenvalue weighted by Crippen LogP contribution is 2.22. The lowest BCUT2D eigenvalue weighted by Crippen LogP contribution is -2.36. The average molecular weight is 275 g/mol. The number of aryl methyl sites for hydroxylation is 2. The van der Waals surface area contributed by atoms with Gasteiger partial charge in [-0.2, -0.15) is 0 Å². The first kappa shape index (κ1) is 15.0. The van der Waals surface area contributed by atoms with Crippen LogP contribution in [0.25, 0.3) is 0 Å². The Morgan fingerprint density at radius 1 is 1.25 bits per heavy atom. The summed E-state index contributed by atoms with van der Waals surface area (Å²) in [5, 5.41) is 0. The first-order valence-corrected chi connectivity index (χ1v) is 7.56. The van der Waals surface area contributed by atoms with Crippen molar-refractivity contribution in [2.45, 2.75) is 40.2 Å². The molecule has 1 fully saturated rings. The third kappa shape index (κ3) is 3.60. The van der Waals surface area contributed by atoms with Crippen LogP contribution < -0.4 is 0 Å². The lowest BCUT2D eigenvalue weighted by atomic mass is 9.95. The number of benzene rings is 1. The molecule has 20 heavy (non-hydrogen) atoms. The second kappa shape index (κ2) is 6.89. The van der Waals surface area contributed by atoms with Crippen molar-refractivity contribution < 1.29 is 9.53 Å². The second-order valence-corrected chi connectivity index (χ2v) is 5.67. The molecule has 0 saturated carbocycles. The zero-order chi connectivity index (χ0) is 14.5. The van der Waals surface area contributed by atoms with Gasteiger partial charge in [0.1, 0.15) is 0 Å². The van der Waals surface area contributed by atoms with Crippen LogP contribution in [0.4, 0.5) is 0 Å². The molecule has 2 rings (SSSR count). The molecule has 1 aromatic rings. The quantitative estimate of drug-likeness (QED) is 0.791. The summed E-state index contributed by atoms with van der Waals surface area (Å²) in [6.07, 6.45) is 1.84. The Bertz CT molecular complexity index is 442. The monoisotopic (exact) mass is 275 g/mol. The summed E-state index contributed by atoms with van der Waals surface area (Å²) in [7, 11) is 0. The van der Waals surface area contributed by atoms with Crippen molar-refractivity contribution in [2.24, 2.45) is 5.92 Å². The fourth-order valence-corrected chi connectivity index (χ4v) is 2.91. The normalized spacial score (nSPS) is 17.1. The van der Waals surface area contributed by atoms with Crippen molar-refractivity contribution in [3.63, 3.8) is 0 Å². The van der Waals surface area contributed by atoms with E-state index in [0.29, 0.717) is 6.61 Å². The number of ether oxygens (including phenoxy) is 1. The van der Waals surface area contributed by atoms with E-state index < -0.39 is 0 Å². The number of hydrogen-bond acceptors (Lipinski definition) is 3. The molecule has 0 radical (unpaired) electrons. The smallest absolute Gasteiger partial charge is 0.309 e. The molecule has 1 saturated heterocycles. The lowest BCUT2D eigenvalue weighted by Gasteiger charge is -2.31. The Balaban J connectivity index is 1.90. The number of hydrogen-bond donors (Lipinski definition) is 0. The minimum atomic E-state index is -0.0146. The number of rotatable bonds is 4. The molecular formula is C17H25NO2. The minimum absolute atomic E-state index is 0.0146. The van der Waals surface area contributed by atoms with Gasteiger partial charge in [-0.1, -0.05) is 18.2 Å². The van der Waals surface area contributed by atoms with Crippen LogP contribution in [-0.2, 0) is 16.1 Å². The molecule has 1 aliphatic heterocycles. The van der Waals surface area contributed by atoms with E-state index in [0.717, 1.165) is 32.5 Å². The zero-order valence-corrected chi connectivity index (χ0v) is 12.8. The van der Waals surface area contributed by atoms with Gasteiger partial charge in [-0.25, -0.2) is 0 Å². The fourth-order valence-electron chi connectivity index (χ4n) is 2.91. The van der Waals surface area contributed by atoms with E-state index >= 15 is 0 Å². The predicted molar refractivity (Wildman–Crippen MR) is 80.6 cm³/mol. The molecule has 3 heteroatoms. The maximum atomic E-state index is 11.7. The lowest BCUT2D eigenvalue weighted by molar-refractivity contribution is -0.149. The molecule has 0 aromatic heterocycles. The van der Waals surface area contributed by atoms with Crippen LogP contribution in [0.3, 0.4) is 0 Å². The number of esters is 1. The molecule has 0 unspecified atom stereocenters. The largest absolute Gasteiger partial charge is 0.466 e. The van der Waals surface area contributed by atoms with Gasteiger partial charge >= 0.3 is 5.97 Å². The average Bonchev–Trinajstić information content (AvgIpc) is 2.44. The summed E-state index contributed by atoms with van der Waals surface area (Å²) in [5.74, 6) is 0.0865. The van der Waals surface area contributed by atoms with Gasteiger partial charge in [0.25, 0.3) is 0 Å². The second-order valence-electron chi connectivity index (χ2n) is 5.67. The van der Waals surface area contributed by atoms with Crippen LogP contribution in [0.15, 0.2) is 18.2 Å². The Kier molecular flexibility index (Phi) is 5.18. The van der Waals surface area contributed by atoms with E-state index in [-0.39, 0.29) is 11.9 Å². The maximum Gasteiger partial charge on any atom is 0.309 e. The van der Waals surface area contributed by atoms with Gasteiger partial charge < -0.3 is 4.74 Å². The van der Waals surface area contributed by atoms with E-state index in [4.69, 9.17) is 4.74 Å². The van der Waals surface area contributed by atoms with E-state index in [1.165, 1.54) is 16.7 Å². The van der Waals surface area contributed by atoms with Gasteiger partial charge in [-0.05, 0) is 63.4 Å². The summed E-state index contributed by atoms with van der Waals surface area (Å²) < 4.78 is 5.12. The highest BCUT2D eigenvalue weighted by molar-refractivity contribution is 5.72. The molecule has 1 aliphatic rings. The number of nitrogens with zero attached hydrogens (tertiary/aromatic N) is 1. The van der Waals surface area contributed by atoms with Crippen molar-refractivity contribution in [3.8, 4) is 0 Å². The maximum absolute atomic E-state index is 11.7. The first-order chi connectivity index (χ1) is 9.61. The van der Waals surface area contributed by atoms with Crippen molar-refractivity contribution in [3.05, 3.63) is 34.9 Å². The van der Waals surface area contributed by atoms with Gasteiger partial charge in [0.05, 0.1) is 12.5 Å². The van der Waals surface area contributed by atoms with E-state index in [1.54, 1.807) is 0 Å². The Labute approximate surface area is 121 Å². The molecule has 1 aromatic carbocycles. The summed E-state index contributed by atoms with van der Waals surface area (Å²) in [6.45, 7) is 9.67. The minimum Gasteiger partial charge on any atom is -0.466 e. The molecule has 0 bridgehead atoms. The third-order valence-electron chi connectivity index (χ3n) is 4.23. The summed E-state index contributed by atoms with van der Waals surface area (Å²) >= 11 is 0. The highest BCUT2D eigenvalue weighted by Gasteiger charge is 2.26. The number of carbonyl (C=O) groups is 1. The first-order valence-electron chi connectivity index (χ1n) is 7.56. The molecule has 0 amide bonds. The van der Waals surface area contributed by atoms with Crippen molar-refractivity contribution >= 4 is 5.97 Å². The third-order valence-corrected chi connectivity index (χ3v) is 4.23. The Morgan fingerprint density at radius 2 is 1.85 bits per heavy atom. The summed E-state index contributed by atoms with van der Waals surface area (Å²) in [6, 6.07) is 6.46. The van der Waals surface area contributed by atoms with Crippen molar-refractivity contribution in [1.82, 2.24) is 4.90 Å². The molecule has 3 nitrogen and oxygen atoms in total. The van der Waals surface area contributed by atoms with Gasteiger partial charge in [0.2, 0.25) is 0 Å². The molecule has 0 aliphatic carbocycles. The summed E-state index contributed by atoms with van der Waals surface area (Å²) in [5.41, 5.74) is 4.15. The molecule has 0 N–H and O–H groups in total. The van der Waals surface area contributed by atoms with Gasteiger partial charge in [0.15, 0.2) is 0 Å². The number of piperidine rings is 1. The molecule has 110 valence electrons. The summed E-state index contributed by atoms with van der Waals surface area (Å²) in [4.78, 5) is 14.2. The zero-order valence-electron chi connectivity index (χ0n) is 12.8. The van der Waals surface area contributed by atoms with Gasteiger partial charge in [-0.3, -0.25) is 9.69 Å². The van der Waals surface area contributed by atoms with E-state index in [9.17, 15) is 4.79 Å². The highest BCUT2D eigenvalue weighted by atomic mass is 16.5. The SMILES string of the molecule is CCOC(=O)C1CCN(Cc2c(C)cccc2C)CC1. The molecule has 0 spiro atoms. The van der Waals surface area contributed by atoms with Crippen LogP contribution in [-0.4, -0.2) is 30.6 Å². The predicted octanol–water partition coefficient (Wildman–Crippen LogP) is 3.08. The van der Waals surface area contributed by atoms with E-state index in [1.807, 2.05) is 6.92 Å². The number of carbonyl (C=O) groups excluding carboxylic acids is 1. The van der Waals surface area contributed by atoms with Crippen LogP contribution in [0.2, 0.25) is 0 Å². The fraction of sp³-hybridized carbons (Fsp3) is 0.588. The Morgan fingerprint density at radius 3 is 2.40 bits per heavy atom. The van der Waals surface area contributed by atoms with Crippen LogP contribution in [0, 0.1) is 19.8 Å². The van der Waals surface area contributed by atoms with Gasteiger partial charge in [-0.15, -0.1) is 0 Å². The Hall–Kier alpha value is -1.35.